The molecule has 2 heterocycles. The Morgan fingerprint density at radius 3 is 3.00 bits per heavy atom. The van der Waals surface area contributed by atoms with Crippen molar-refractivity contribution in [3.05, 3.63) is 47.7 Å². The quantitative estimate of drug-likeness (QED) is 0.494. The predicted molar refractivity (Wildman–Crippen MR) is 68.3 cm³/mol. The zero-order valence-corrected chi connectivity index (χ0v) is 10.3. The van der Waals surface area contributed by atoms with Crippen LogP contribution in [0, 0.1) is 12.3 Å². The van der Waals surface area contributed by atoms with Crippen LogP contribution in [0.4, 0.5) is 0 Å². The molecule has 2 aromatic heterocycles. The molecule has 0 amide bonds. The molecule has 0 bridgehead atoms. The molecule has 0 unspecified atom stereocenters. The predicted octanol–water partition coefficient (Wildman–Crippen LogP) is 2.56. The summed E-state index contributed by atoms with van der Waals surface area (Å²) in [6, 6.07) is 5.72. The Labute approximate surface area is 104 Å². The zero-order chi connectivity index (χ0) is 12.3. The molecule has 0 fully saturated rings. The van der Waals surface area contributed by atoms with E-state index in [9.17, 15) is 0 Å². The lowest BCUT2D eigenvalue weighted by Gasteiger charge is -2.05. The van der Waals surface area contributed by atoms with Crippen molar-refractivity contribution in [1.82, 2.24) is 4.98 Å². The molecular formula is C12H13N3OS. The average molecular weight is 247 g/mol. The minimum atomic E-state index is 0.00474. The number of aryl methyl sites for hydroxylation is 1. The maximum atomic E-state index is 7.46. The number of nitrogen functional groups attached to an aromatic ring is 1. The molecule has 0 aromatic carbocycles. The summed E-state index contributed by atoms with van der Waals surface area (Å²) in [4.78, 5) is 5.21. The fourth-order valence-corrected chi connectivity index (χ4v) is 2.42. The number of furan rings is 1. The number of hydrogen-bond acceptors (Lipinski definition) is 4. The number of pyridine rings is 1. The molecule has 4 nitrogen and oxygen atoms in total. The second-order valence-corrected chi connectivity index (χ2v) is 4.57. The minimum Gasteiger partial charge on any atom is -0.468 e. The maximum absolute atomic E-state index is 7.46. The van der Waals surface area contributed by atoms with Gasteiger partial charge in [-0.25, -0.2) is 0 Å². The van der Waals surface area contributed by atoms with Crippen molar-refractivity contribution in [2.45, 2.75) is 17.6 Å². The summed E-state index contributed by atoms with van der Waals surface area (Å²) in [6.07, 6.45) is 3.32. The van der Waals surface area contributed by atoms with Gasteiger partial charge in [0.15, 0.2) is 0 Å². The lowest BCUT2D eigenvalue weighted by molar-refractivity contribution is 0.527. The minimum absolute atomic E-state index is 0.00474. The molecule has 3 N–H and O–H groups in total. The van der Waals surface area contributed by atoms with Crippen molar-refractivity contribution in [3.8, 4) is 0 Å². The van der Waals surface area contributed by atoms with Gasteiger partial charge in [-0.05, 0) is 24.6 Å². The van der Waals surface area contributed by atoms with E-state index in [1.807, 2.05) is 25.1 Å². The van der Waals surface area contributed by atoms with Crippen LogP contribution in [0.3, 0.4) is 0 Å². The van der Waals surface area contributed by atoms with Crippen molar-refractivity contribution in [2.75, 3.05) is 0 Å². The van der Waals surface area contributed by atoms with Gasteiger partial charge in [-0.15, -0.1) is 11.8 Å². The number of hydrogen-bond donors (Lipinski definition) is 2. The largest absolute Gasteiger partial charge is 0.468 e. The molecule has 2 aromatic rings. The summed E-state index contributed by atoms with van der Waals surface area (Å²) in [5, 5.41) is 7.46. The van der Waals surface area contributed by atoms with E-state index >= 15 is 0 Å². The Hall–Kier alpha value is -1.75. The fraction of sp³-hybridized carbons (Fsp3) is 0.167. The van der Waals surface area contributed by atoms with Gasteiger partial charge in [0.1, 0.15) is 17.3 Å². The second-order valence-electron chi connectivity index (χ2n) is 3.55. The zero-order valence-electron chi connectivity index (χ0n) is 9.43. The van der Waals surface area contributed by atoms with E-state index in [-0.39, 0.29) is 5.84 Å². The van der Waals surface area contributed by atoms with Crippen LogP contribution in [-0.4, -0.2) is 10.8 Å². The first kappa shape index (κ1) is 11.7. The monoisotopic (exact) mass is 247 g/mol. The summed E-state index contributed by atoms with van der Waals surface area (Å²) in [5.74, 6) is 1.64. The van der Waals surface area contributed by atoms with E-state index in [2.05, 4.69) is 4.98 Å². The molecular weight excluding hydrogens is 234 g/mol. The van der Waals surface area contributed by atoms with Gasteiger partial charge in [-0.3, -0.25) is 10.4 Å². The highest BCUT2D eigenvalue weighted by atomic mass is 32.2. The fourth-order valence-electron chi connectivity index (χ4n) is 1.48. The first-order valence-electron chi connectivity index (χ1n) is 5.13. The summed E-state index contributed by atoms with van der Waals surface area (Å²) in [7, 11) is 0. The Morgan fingerprint density at radius 2 is 2.35 bits per heavy atom. The van der Waals surface area contributed by atoms with Crippen molar-refractivity contribution in [3.63, 3.8) is 0 Å². The average Bonchev–Trinajstić information content (AvgIpc) is 2.72. The van der Waals surface area contributed by atoms with Crippen LogP contribution in [0.15, 0.2) is 40.0 Å². The molecule has 0 radical (unpaired) electrons. The smallest absolute Gasteiger partial charge is 0.142 e. The molecule has 0 aliphatic heterocycles. The normalized spacial score (nSPS) is 10.4. The van der Waals surface area contributed by atoms with Crippen LogP contribution in [0.5, 0.6) is 0 Å². The summed E-state index contributed by atoms with van der Waals surface area (Å²) in [6.45, 7) is 1.93. The lowest BCUT2D eigenvalue weighted by Crippen LogP contribution is -2.15. The standard InChI is InChI=1S/C12H13N3OS/c1-8-10(4-6-16-8)17-7-9-3-2-5-15-11(9)12(13)14/h2-6H,7H2,1H3,(H3,13,14). The van der Waals surface area contributed by atoms with Crippen molar-refractivity contribution in [1.29, 1.82) is 5.41 Å². The van der Waals surface area contributed by atoms with Crippen molar-refractivity contribution >= 4 is 17.6 Å². The first-order valence-corrected chi connectivity index (χ1v) is 6.12. The van der Waals surface area contributed by atoms with E-state index in [0.717, 1.165) is 22.0 Å². The highest BCUT2D eigenvalue weighted by molar-refractivity contribution is 7.98. The first-order chi connectivity index (χ1) is 8.18. The summed E-state index contributed by atoms with van der Waals surface area (Å²) >= 11 is 1.65. The highest BCUT2D eigenvalue weighted by Crippen LogP contribution is 2.27. The van der Waals surface area contributed by atoms with E-state index in [1.54, 1.807) is 24.2 Å². The topological polar surface area (TPSA) is 75.9 Å². The summed E-state index contributed by atoms with van der Waals surface area (Å²) < 4.78 is 5.23. The van der Waals surface area contributed by atoms with Crippen LogP contribution in [0.2, 0.25) is 0 Å². The van der Waals surface area contributed by atoms with Crippen LogP contribution >= 0.6 is 11.8 Å². The third-order valence-electron chi connectivity index (χ3n) is 2.34. The van der Waals surface area contributed by atoms with Crippen LogP contribution in [-0.2, 0) is 5.75 Å². The number of thioether (sulfide) groups is 1. The van der Waals surface area contributed by atoms with Crippen LogP contribution < -0.4 is 5.73 Å². The molecule has 88 valence electrons. The van der Waals surface area contributed by atoms with Gasteiger partial charge in [-0.2, -0.15) is 0 Å². The Kier molecular flexibility index (Phi) is 3.49. The van der Waals surface area contributed by atoms with Gasteiger partial charge in [0.2, 0.25) is 0 Å². The molecule has 0 saturated carbocycles. The van der Waals surface area contributed by atoms with Crippen molar-refractivity contribution < 1.29 is 4.42 Å². The van der Waals surface area contributed by atoms with E-state index < -0.39 is 0 Å². The molecule has 0 aliphatic rings. The Balaban J connectivity index is 2.14. The van der Waals surface area contributed by atoms with Gasteiger partial charge >= 0.3 is 0 Å². The van der Waals surface area contributed by atoms with Gasteiger partial charge < -0.3 is 10.2 Å². The van der Waals surface area contributed by atoms with E-state index in [1.165, 1.54) is 0 Å². The van der Waals surface area contributed by atoms with E-state index in [0.29, 0.717) is 5.69 Å². The van der Waals surface area contributed by atoms with Crippen LogP contribution in [0.1, 0.15) is 17.0 Å². The van der Waals surface area contributed by atoms with Crippen molar-refractivity contribution in [2.24, 2.45) is 5.73 Å². The molecule has 0 atom stereocenters. The highest BCUT2D eigenvalue weighted by Gasteiger charge is 2.08. The van der Waals surface area contributed by atoms with Gasteiger partial charge in [0.05, 0.1) is 6.26 Å². The molecule has 2 rings (SSSR count). The number of nitrogens with two attached hydrogens (primary N) is 1. The molecule has 5 heteroatoms. The Morgan fingerprint density at radius 1 is 1.53 bits per heavy atom. The third-order valence-corrected chi connectivity index (χ3v) is 3.53. The molecule has 0 spiro atoms. The maximum Gasteiger partial charge on any atom is 0.142 e. The van der Waals surface area contributed by atoms with Crippen LogP contribution in [0.25, 0.3) is 0 Å². The number of aromatic nitrogens is 1. The van der Waals surface area contributed by atoms with E-state index in [4.69, 9.17) is 15.6 Å². The molecule has 0 saturated heterocycles. The van der Waals surface area contributed by atoms with Gasteiger partial charge in [0.25, 0.3) is 0 Å². The third kappa shape index (κ3) is 2.68. The second kappa shape index (κ2) is 5.05. The van der Waals surface area contributed by atoms with Gasteiger partial charge in [-0.1, -0.05) is 6.07 Å². The number of nitrogens with one attached hydrogen (secondary N) is 1. The van der Waals surface area contributed by atoms with Gasteiger partial charge in [0, 0.05) is 16.8 Å². The summed E-state index contributed by atoms with van der Waals surface area (Å²) in [5.41, 5.74) is 7.01. The SMILES string of the molecule is Cc1occc1SCc1cccnc1C(=N)N. The molecule has 0 aliphatic carbocycles. The number of amidine groups is 1. The molecule has 17 heavy (non-hydrogen) atoms. The number of rotatable bonds is 4. The number of nitrogens with zero attached hydrogens (tertiary/aromatic N) is 1. The Bertz CT molecular complexity index is 536. The lowest BCUT2D eigenvalue weighted by atomic mass is 10.2.